The number of rotatable bonds is 4. The first-order chi connectivity index (χ1) is 12.0. The van der Waals surface area contributed by atoms with Gasteiger partial charge in [0.2, 0.25) is 11.8 Å². The van der Waals surface area contributed by atoms with Crippen molar-refractivity contribution in [2.24, 2.45) is 5.73 Å². The summed E-state index contributed by atoms with van der Waals surface area (Å²) in [6.45, 7) is 2.79. The number of hydrogen-bond acceptors (Lipinski definition) is 4. The zero-order valence-corrected chi connectivity index (χ0v) is 15.1. The molecule has 2 amide bonds. The zero-order valence-electron chi connectivity index (χ0n) is 14.3. The van der Waals surface area contributed by atoms with Gasteiger partial charge in [-0.15, -0.1) is 0 Å². The number of nitrogens with two attached hydrogens (primary N) is 1. The highest BCUT2D eigenvalue weighted by atomic mass is 35.5. The van der Waals surface area contributed by atoms with Crippen molar-refractivity contribution in [1.29, 1.82) is 0 Å². The highest BCUT2D eigenvalue weighted by Crippen LogP contribution is 2.27. The van der Waals surface area contributed by atoms with Crippen LogP contribution in [-0.2, 0) is 9.59 Å². The summed E-state index contributed by atoms with van der Waals surface area (Å²) in [7, 11) is 0. The summed E-state index contributed by atoms with van der Waals surface area (Å²) < 4.78 is 0. The number of hydrogen-bond donors (Lipinski definition) is 2. The first kappa shape index (κ1) is 18.0. The summed E-state index contributed by atoms with van der Waals surface area (Å²) in [6, 6.07) is 7.73. The van der Waals surface area contributed by atoms with E-state index in [0.29, 0.717) is 31.0 Å². The van der Waals surface area contributed by atoms with Gasteiger partial charge in [0.15, 0.2) is 0 Å². The van der Waals surface area contributed by atoms with E-state index in [0.717, 1.165) is 31.6 Å². The van der Waals surface area contributed by atoms with Gasteiger partial charge >= 0.3 is 0 Å². The molecule has 1 saturated carbocycles. The van der Waals surface area contributed by atoms with Crippen LogP contribution in [0.25, 0.3) is 0 Å². The van der Waals surface area contributed by atoms with Crippen LogP contribution in [0.5, 0.6) is 0 Å². The average Bonchev–Trinajstić information content (AvgIpc) is 3.07. The number of nitrogens with zero attached hydrogens (tertiary/aromatic N) is 2. The van der Waals surface area contributed by atoms with Gasteiger partial charge in [-0.3, -0.25) is 9.59 Å². The van der Waals surface area contributed by atoms with E-state index >= 15 is 0 Å². The van der Waals surface area contributed by atoms with E-state index in [9.17, 15) is 9.59 Å². The second-order valence-electron chi connectivity index (χ2n) is 6.89. The molecule has 2 fully saturated rings. The number of benzene rings is 1. The van der Waals surface area contributed by atoms with Gasteiger partial charge in [0, 0.05) is 36.9 Å². The maximum Gasteiger partial charge on any atom is 0.242 e. The summed E-state index contributed by atoms with van der Waals surface area (Å²) in [5.74, 6) is -0.253. The number of carbonyl (C=O) groups is 2. The molecule has 0 atom stereocenters. The van der Waals surface area contributed by atoms with Crippen LogP contribution in [0.3, 0.4) is 0 Å². The van der Waals surface area contributed by atoms with Crippen LogP contribution in [0.4, 0.5) is 5.69 Å². The van der Waals surface area contributed by atoms with Crippen LogP contribution in [0.1, 0.15) is 25.7 Å². The van der Waals surface area contributed by atoms with Crippen molar-refractivity contribution in [2.75, 3.05) is 37.6 Å². The summed E-state index contributed by atoms with van der Waals surface area (Å²) in [6.07, 6.45) is 3.35. The lowest BCUT2D eigenvalue weighted by Gasteiger charge is -2.36. The van der Waals surface area contributed by atoms with Crippen molar-refractivity contribution in [3.8, 4) is 0 Å². The normalized spacial score (nSPS) is 19.8. The Labute approximate surface area is 153 Å². The minimum Gasteiger partial charge on any atom is -0.368 e. The molecule has 7 heteroatoms. The molecular weight excluding hydrogens is 340 g/mol. The molecule has 1 aromatic rings. The van der Waals surface area contributed by atoms with Crippen LogP contribution in [0.2, 0.25) is 5.02 Å². The monoisotopic (exact) mass is 364 g/mol. The minimum atomic E-state index is -0.786. The van der Waals surface area contributed by atoms with Crippen molar-refractivity contribution >= 4 is 29.1 Å². The first-order valence-corrected chi connectivity index (χ1v) is 9.21. The lowest BCUT2D eigenvalue weighted by Crippen LogP contribution is -2.55. The summed E-state index contributed by atoms with van der Waals surface area (Å²) in [4.78, 5) is 28.5. The predicted octanol–water partition coefficient (Wildman–Crippen LogP) is 1.38. The molecule has 0 unspecified atom stereocenters. The van der Waals surface area contributed by atoms with Gasteiger partial charge in [-0.25, -0.2) is 0 Å². The smallest absolute Gasteiger partial charge is 0.242 e. The molecule has 2 aliphatic rings. The molecule has 1 saturated heterocycles. The standard InChI is InChI=1S/C18H25ClN4O2/c19-14-4-3-5-15(12-14)22-8-10-23(11-9-22)16(24)13-21-17(25)18(20)6-1-2-7-18/h3-5,12H,1-2,6-11,13,20H2,(H,21,25). The van der Waals surface area contributed by atoms with Gasteiger partial charge in [-0.2, -0.15) is 0 Å². The van der Waals surface area contributed by atoms with Gasteiger partial charge in [0.25, 0.3) is 0 Å². The summed E-state index contributed by atoms with van der Waals surface area (Å²) in [5.41, 5.74) is 6.39. The maximum absolute atomic E-state index is 12.3. The molecule has 3 N–H and O–H groups in total. The third kappa shape index (κ3) is 4.25. The summed E-state index contributed by atoms with van der Waals surface area (Å²) in [5, 5.41) is 3.44. The van der Waals surface area contributed by atoms with E-state index < -0.39 is 5.54 Å². The van der Waals surface area contributed by atoms with E-state index in [1.54, 1.807) is 4.90 Å². The molecule has 0 radical (unpaired) electrons. The Morgan fingerprint density at radius 2 is 1.84 bits per heavy atom. The number of nitrogens with one attached hydrogen (secondary N) is 1. The summed E-state index contributed by atoms with van der Waals surface area (Å²) >= 11 is 6.04. The molecule has 0 spiro atoms. The maximum atomic E-state index is 12.3. The average molecular weight is 365 g/mol. The number of amides is 2. The van der Waals surface area contributed by atoms with E-state index in [2.05, 4.69) is 10.2 Å². The van der Waals surface area contributed by atoms with Crippen LogP contribution in [-0.4, -0.2) is 55.0 Å². The topological polar surface area (TPSA) is 78.7 Å². The molecule has 1 aliphatic heterocycles. The van der Waals surface area contributed by atoms with Gasteiger partial charge < -0.3 is 20.9 Å². The fourth-order valence-corrected chi connectivity index (χ4v) is 3.75. The predicted molar refractivity (Wildman–Crippen MR) is 98.6 cm³/mol. The molecule has 25 heavy (non-hydrogen) atoms. The third-order valence-electron chi connectivity index (χ3n) is 5.15. The van der Waals surface area contributed by atoms with Crippen molar-refractivity contribution in [2.45, 2.75) is 31.2 Å². The Bertz CT molecular complexity index is 638. The van der Waals surface area contributed by atoms with Gasteiger partial charge in [0.1, 0.15) is 0 Å². The molecule has 1 aliphatic carbocycles. The number of halogens is 1. The van der Waals surface area contributed by atoms with Crippen molar-refractivity contribution < 1.29 is 9.59 Å². The van der Waals surface area contributed by atoms with E-state index in [1.165, 1.54) is 0 Å². The molecular formula is C18H25ClN4O2. The zero-order chi connectivity index (χ0) is 17.9. The van der Waals surface area contributed by atoms with Gasteiger partial charge in [-0.1, -0.05) is 30.5 Å². The Hall–Kier alpha value is -1.79. The fourth-order valence-electron chi connectivity index (χ4n) is 3.56. The molecule has 6 nitrogen and oxygen atoms in total. The number of carbonyl (C=O) groups excluding carboxylic acids is 2. The van der Waals surface area contributed by atoms with E-state index in [-0.39, 0.29) is 18.4 Å². The Morgan fingerprint density at radius 3 is 2.48 bits per heavy atom. The minimum absolute atomic E-state index is 0.0228. The second-order valence-corrected chi connectivity index (χ2v) is 7.33. The van der Waals surface area contributed by atoms with Crippen molar-refractivity contribution in [3.05, 3.63) is 29.3 Å². The Balaban J connectivity index is 1.46. The number of piperazine rings is 1. The SMILES string of the molecule is NC1(C(=O)NCC(=O)N2CCN(c3cccc(Cl)c3)CC2)CCCC1. The number of anilines is 1. The van der Waals surface area contributed by atoms with E-state index in [1.807, 2.05) is 24.3 Å². The molecule has 0 aromatic heterocycles. The highest BCUT2D eigenvalue weighted by molar-refractivity contribution is 6.30. The first-order valence-electron chi connectivity index (χ1n) is 8.83. The molecule has 136 valence electrons. The molecule has 1 aromatic carbocycles. The fraction of sp³-hybridized carbons (Fsp3) is 0.556. The third-order valence-corrected chi connectivity index (χ3v) is 5.39. The van der Waals surface area contributed by atoms with Crippen LogP contribution < -0.4 is 16.0 Å². The van der Waals surface area contributed by atoms with Gasteiger partial charge in [0.05, 0.1) is 12.1 Å². The molecule has 3 rings (SSSR count). The second kappa shape index (κ2) is 7.62. The van der Waals surface area contributed by atoms with Gasteiger partial charge in [-0.05, 0) is 31.0 Å². The van der Waals surface area contributed by atoms with Crippen LogP contribution >= 0.6 is 11.6 Å². The van der Waals surface area contributed by atoms with Crippen LogP contribution in [0, 0.1) is 0 Å². The lowest BCUT2D eigenvalue weighted by molar-refractivity contribution is -0.134. The molecule has 0 bridgehead atoms. The highest BCUT2D eigenvalue weighted by Gasteiger charge is 2.37. The van der Waals surface area contributed by atoms with Crippen molar-refractivity contribution in [1.82, 2.24) is 10.2 Å². The van der Waals surface area contributed by atoms with Crippen molar-refractivity contribution in [3.63, 3.8) is 0 Å². The van der Waals surface area contributed by atoms with E-state index in [4.69, 9.17) is 17.3 Å². The quantitative estimate of drug-likeness (QED) is 0.846. The largest absolute Gasteiger partial charge is 0.368 e. The lowest BCUT2D eigenvalue weighted by atomic mass is 9.98. The Kier molecular flexibility index (Phi) is 5.49. The molecule has 1 heterocycles. The Morgan fingerprint density at radius 1 is 1.16 bits per heavy atom. The van der Waals surface area contributed by atoms with Crippen LogP contribution in [0.15, 0.2) is 24.3 Å².